The van der Waals surface area contributed by atoms with E-state index >= 15 is 0 Å². The predicted octanol–water partition coefficient (Wildman–Crippen LogP) is 1.24. The first-order chi connectivity index (χ1) is 7.15. The summed E-state index contributed by atoms with van der Waals surface area (Å²) < 4.78 is 0. The Morgan fingerprint density at radius 1 is 1.47 bits per heavy atom. The molecule has 1 aromatic rings. The summed E-state index contributed by atoms with van der Waals surface area (Å²) >= 11 is 0. The normalized spacial score (nSPS) is 12.4. The van der Waals surface area contributed by atoms with Crippen LogP contribution in [0, 0.1) is 10.1 Å². The fourth-order valence-corrected chi connectivity index (χ4v) is 1.22. The largest absolute Gasteiger partial charge is 0.387 e. The zero-order valence-corrected chi connectivity index (χ0v) is 8.51. The molecule has 2 N–H and O–H groups in total. The van der Waals surface area contributed by atoms with Gasteiger partial charge in [0.15, 0.2) is 0 Å². The molecule has 0 spiro atoms. The van der Waals surface area contributed by atoms with Crippen molar-refractivity contribution in [2.45, 2.75) is 13.0 Å². The SMILES string of the molecule is CCNC[C@@H](O)c1ccc([N+](=O)[O-])cc1. The van der Waals surface area contributed by atoms with Crippen LogP contribution in [0.2, 0.25) is 0 Å². The Morgan fingerprint density at radius 2 is 2.07 bits per heavy atom. The van der Waals surface area contributed by atoms with Crippen LogP contribution in [0.15, 0.2) is 24.3 Å². The van der Waals surface area contributed by atoms with Crippen molar-refractivity contribution >= 4 is 5.69 Å². The molecule has 5 nitrogen and oxygen atoms in total. The number of nitrogens with zero attached hydrogens (tertiary/aromatic N) is 1. The molecule has 1 atom stereocenters. The van der Waals surface area contributed by atoms with Crippen molar-refractivity contribution in [2.24, 2.45) is 0 Å². The molecular weight excluding hydrogens is 196 g/mol. The highest BCUT2D eigenvalue weighted by Crippen LogP contribution is 2.16. The first kappa shape index (κ1) is 11.6. The maximum absolute atomic E-state index is 10.4. The Kier molecular flexibility index (Phi) is 4.20. The fraction of sp³-hybridized carbons (Fsp3) is 0.400. The topological polar surface area (TPSA) is 75.4 Å². The second-order valence-corrected chi connectivity index (χ2v) is 3.17. The van der Waals surface area contributed by atoms with Crippen LogP contribution in [0.1, 0.15) is 18.6 Å². The smallest absolute Gasteiger partial charge is 0.269 e. The highest BCUT2D eigenvalue weighted by molar-refractivity contribution is 5.33. The molecule has 0 amide bonds. The molecule has 0 aliphatic carbocycles. The van der Waals surface area contributed by atoms with Gasteiger partial charge in [-0.15, -0.1) is 0 Å². The lowest BCUT2D eigenvalue weighted by molar-refractivity contribution is -0.384. The van der Waals surface area contributed by atoms with Crippen LogP contribution in [0.25, 0.3) is 0 Å². The van der Waals surface area contributed by atoms with Gasteiger partial charge in [-0.3, -0.25) is 10.1 Å². The number of nitro groups is 1. The molecule has 1 rings (SSSR count). The molecule has 0 bridgehead atoms. The average molecular weight is 210 g/mol. The number of aliphatic hydroxyl groups is 1. The third kappa shape index (κ3) is 3.30. The van der Waals surface area contributed by atoms with Gasteiger partial charge >= 0.3 is 0 Å². The maximum atomic E-state index is 10.4. The summed E-state index contributed by atoms with van der Waals surface area (Å²) in [6.07, 6.45) is -0.620. The summed E-state index contributed by atoms with van der Waals surface area (Å²) in [5.74, 6) is 0. The Bertz CT molecular complexity index is 324. The lowest BCUT2D eigenvalue weighted by Gasteiger charge is -2.10. The lowest BCUT2D eigenvalue weighted by Crippen LogP contribution is -2.20. The molecule has 0 aromatic heterocycles. The number of aliphatic hydroxyl groups excluding tert-OH is 1. The van der Waals surface area contributed by atoms with E-state index in [1.165, 1.54) is 12.1 Å². The van der Waals surface area contributed by atoms with Gasteiger partial charge in [0.1, 0.15) is 0 Å². The molecule has 1 aromatic carbocycles. The van der Waals surface area contributed by atoms with E-state index in [1.54, 1.807) is 12.1 Å². The van der Waals surface area contributed by atoms with E-state index in [0.29, 0.717) is 12.1 Å². The van der Waals surface area contributed by atoms with Crippen molar-refractivity contribution in [2.75, 3.05) is 13.1 Å². The molecule has 0 saturated heterocycles. The number of hydrogen-bond acceptors (Lipinski definition) is 4. The predicted molar refractivity (Wildman–Crippen MR) is 56.6 cm³/mol. The molecule has 0 saturated carbocycles. The maximum Gasteiger partial charge on any atom is 0.269 e. The van der Waals surface area contributed by atoms with Crippen molar-refractivity contribution in [3.63, 3.8) is 0 Å². The zero-order chi connectivity index (χ0) is 11.3. The standard InChI is InChI=1S/C10H14N2O3/c1-2-11-7-10(13)8-3-5-9(6-4-8)12(14)15/h3-6,10-11,13H,2,7H2,1H3/t10-/m1/s1. The minimum atomic E-state index is -0.620. The van der Waals surface area contributed by atoms with Crippen molar-refractivity contribution in [1.82, 2.24) is 5.32 Å². The first-order valence-corrected chi connectivity index (χ1v) is 4.78. The average Bonchev–Trinajstić information content (AvgIpc) is 2.26. The number of likely N-dealkylation sites (N-methyl/N-ethyl adjacent to an activating group) is 1. The van der Waals surface area contributed by atoms with E-state index in [0.717, 1.165) is 6.54 Å². The van der Waals surface area contributed by atoms with Gasteiger partial charge in [-0.25, -0.2) is 0 Å². The second-order valence-electron chi connectivity index (χ2n) is 3.17. The van der Waals surface area contributed by atoms with E-state index in [1.807, 2.05) is 6.92 Å². The minimum absolute atomic E-state index is 0.0365. The summed E-state index contributed by atoms with van der Waals surface area (Å²) in [5, 5.41) is 23.0. The highest BCUT2D eigenvalue weighted by atomic mass is 16.6. The molecule has 82 valence electrons. The molecule has 15 heavy (non-hydrogen) atoms. The molecule has 0 unspecified atom stereocenters. The number of nitrogens with one attached hydrogen (secondary N) is 1. The van der Waals surface area contributed by atoms with Gasteiger partial charge in [0.2, 0.25) is 0 Å². The van der Waals surface area contributed by atoms with Gasteiger partial charge in [-0.1, -0.05) is 6.92 Å². The zero-order valence-electron chi connectivity index (χ0n) is 8.51. The number of benzene rings is 1. The molecule has 0 aliphatic rings. The monoisotopic (exact) mass is 210 g/mol. The summed E-state index contributed by atoms with van der Waals surface area (Å²) in [6, 6.07) is 5.93. The molecule has 0 heterocycles. The van der Waals surface area contributed by atoms with Crippen LogP contribution in [0.3, 0.4) is 0 Å². The summed E-state index contributed by atoms with van der Waals surface area (Å²) in [6.45, 7) is 3.18. The second kappa shape index (κ2) is 5.43. The van der Waals surface area contributed by atoms with Gasteiger partial charge in [-0.05, 0) is 24.2 Å². The van der Waals surface area contributed by atoms with Gasteiger partial charge in [0.25, 0.3) is 5.69 Å². The quantitative estimate of drug-likeness (QED) is 0.566. The van der Waals surface area contributed by atoms with Gasteiger partial charge < -0.3 is 10.4 Å². The molecule has 0 radical (unpaired) electrons. The lowest BCUT2D eigenvalue weighted by atomic mass is 10.1. The van der Waals surface area contributed by atoms with Crippen molar-refractivity contribution < 1.29 is 10.0 Å². The van der Waals surface area contributed by atoms with Crippen LogP contribution in [0.4, 0.5) is 5.69 Å². The van der Waals surface area contributed by atoms with Gasteiger partial charge in [0.05, 0.1) is 11.0 Å². The number of rotatable bonds is 5. The van der Waals surface area contributed by atoms with Crippen LogP contribution < -0.4 is 5.32 Å². The molecule has 5 heteroatoms. The van der Waals surface area contributed by atoms with Crippen LogP contribution in [-0.4, -0.2) is 23.1 Å². The molecule has 0 fully saturated rings. The number of hydrogen-bond donors (Lipinski definition) is 2. The van der Waals surface area contributed by atoms with Gasteiger partial charge in [0, 0.05) is 18.7 Å². The fourth-order valence-electron chi connectivity index (χ4n) is 1.22. The Hall–Kier alpha value is -1.46. The third-order valence-electron chi connectivity index (χ3n) is 2.08. The van der Waals surface area contributed by atoms with Crippen LogP contribution in [0.5, 0.6) is 0 Å². The minimum Gasteiger partial charge on any atom is -0.387 e. The molecule has 0 aliphatic heterocycles. The van der Waals surface area contributed by atoms with E-state index in [4.69, 9.17) is 0 Å². The Labute approximate surface area is 87.9 Å². The van der Waals surface area contributed by atoms with Crippen LogP contribution in [-0.2, 0) is 0 Å². The van der Waals surface area contributed by atoms with Crippen molar-refractivity contribution in [3.05, 3.63) is 39.9 Å². The number of nitro benzene ring substituents is 1. The highest BCUT2D eigenvalue weighted by Gasteiger charge is 2.09. The number of non-ortho nitro benzene ring substituents is 1. The third-order valence-corrected chi connectivity index (χ3v) is 2.08. The van der Waals surface area contributed by atoms with Crippen molar-refractivity contribution in [3.8, 4) is 0 Å². The van der Waals surface area contributed by atoms with E-state index < -0.39 is 11.0 Å². The van der Waals surface area contributed by atoms with Crippen molar-refractivity contribution in [1.29, 1.82) is 0 Å². The summed E-state index contributed by atoms with van der Waals surface area (Å²) in [4.78, 5) is 9.93. The van der Waals surface area contributed by atoms with E-state index in [2.05, 4.69) is 5.32 Å². The van der Waals surface area contributed by atoms with E-state index in [-0.39, 0.29) is 5.69 Å². The van der Waals surface area contributed by atoms with E-state index in [9.17, 15) is 15.2 Å². The van der Waals surface area contributed by atoms with Crippen LogP contribution >= 0.6 is 0 Å². The van der Waals surface area contributed by atoms with Gasteiger partial charge in [-0.2, -0.15) is 0 Å². The summed E-state index contributed by atoms with van der Waals surface area (Å²) in [7, 11) is 0. The molecular formula is C10H14N2O3. The Balaban J connectivity index is 2.66. The summed E-state index contributed by atoms with van der Waals surface area (Å²) in [5.41, 5.74) is 0.718. The Morgan fingerprint density at radius 3 is 2.53 bits per heavy atom. The first-order valence-electron chi connectivity index (χ1n) is 4.78.